The third-order valence-corrected chi connectivity index (χ3v) is 3.96. The van der Waals surface area contributed by atoms with Gasteiger partial charge in [0.25, 0.3) is 0 Å². The van der Waals surface area contributed by atoms with E-state index in [1.165, 1.54) is 11.3 Å². The smallest absolute Gasteiger partial charge is 0.160 e. The van der Waals surface area contributed by atoms with E-state index in [1.807, 2.05) is 6.92 Å². The van der Waals surface area contributed by atoms with Crippen LogP contribution < -0.4 is 4.90 Å². The first-order valence-corrected chi connectivity index (χ1v) is 5.91. The number of thiophene rings is 1. The minimum absolute atomic E-state index is 0.633. The summed E-state index contributed by atoms with van der Waals surface area (Å²) in [7, 11) is 0. The van der Waals surface area contributed by atoms with Crippen molar-refractivity contribution in [1.29, 1.82) is 5.26 Å². The molecule has 2 rings (SSSR count). The first-order chi connectivity index (χ1) is 7.77. The highest BCUT2D eigenvalue weighted by Gasteiger charge is 2.21. The summed E-state index contributed by atoms with van der Waals surface area (Å²) < 4.78 is 5.27. The number of carbonyl (C=O) groups excluding carboxylic acids is 1. The standard InChI is InChI=1S/C11H12N2O2S/c1-8-9(6-12)11(16-10(8)7-14)13-2-4-15-5-3-13/h7H,2-5H2,1H3. The van der Waals surface area contributed by atoms with E-state index >= 15 is 0 Å². The van der Waals surface area contributed by atoms with Crippen molar-refractivity contribution < 1.29 is 9.53 Å². The van der Waals surface area contributed by atoms with E-state index in [0.717, 1.165) is 29.9 Å². The number of ether oxygens (including phenoxy) is 1. The zero-order chi connectivity index (χ0) is 11.5. The van der Waals surface area contributed by atoms with Crippen LogP contribution in [0.5, 0.6) is 0 Å². The van der Waals surface area contributed by atoms with Crippen LogP contribution in [0.1, 0.15) is 20.8 Å². The van der Waals surface area contributed by atoms with Crippen molar-refractivity contribution in [2.24, 2.45) is 0 Å². The molecular weight excluding hydrogens is 224 g/mol. The van der Waals surface area contributed by atoms with Crippen molar-refractivity contribution in [1.82, 2.24) is 0 Å². The molecule has 0 aromatic carbocycles. The summed E-state index contributed by atoms with van der Waals surface area (Å²) in [6, 6.07) is 2.18. The van der Waals surface area contributed by atoms with Crippen molar-refractivity contribution in [2.75, 3.05) is 31.2 Å². The van der Waals surface area contributed by atoms with Gasteiger partial charge in [-0.2, -0.15) is 5.26 Å². The van der Waals surface area contributed by atoms with Gasteiger partial charge in [-0.1, -0.05) is 0 Å². The van der Waals surface area contributed by atoms with Gasteiger partial charge in [0, 0.05) is 13.1 Å². The van der Waals surface area contributed by atoms with Crippen molar-refractivity contribution >= 4 is 22.6 Å². The third-order valence-electron chi connectivity index (χ3n) is 2.68. The SMILES string of the molecule is Cc1c(C=O)sc(N2CCOCC2)c1C#N. The first-order valence-electron chi connectivity index (χ1n) is 5.09. The van der Waals surface area contributed by atoms with Gasteiger partial charge in [-0.3, -0.25) is 4.79 Å². The van der Waals surface area contributed by atoms with Gasteiger partial charge in [0.05, 0.1) is 23.7 Å². The molecule has 2 heterocycles. The Kier molecular flexibility index (Phi) is 3.22. The monoisotopic (exact) mass is 236 g/mol. The zero-order valence-electron chi connectivity index (χ0n) is 9.02. The molecule has 0 radical (unpaired) electrons. The molecule has 1 aromatic rings. The van der Waals surface area contributed by atoms with Gasteiger partial charge >= 0.3 is 0 Å². The summed E-state index contributed by atoms with van der Waals surface area (Å²) >= 11 is 1.40. The fraction of sp³-hybridized carbons (Fsp3) is 0.455. The molecule has 1 aromatic heterocycles. The summed E-state index contributed by atoms with van der Waals surface area (Å²) in [4.78, 5) is 13.6. The van der Waals surface area contributed by atoms with Crippen molar-refractivity contribution in [2.45, 2.75) is 6.92 Å². The molecule has 1 fully saturated rings. The minimum atomic E-state index is 0.633. The van der Waals surface area contributed by atoms with Crippen LogP contribution in [-0.4, -0.2) is 32.6 Å². The normalized spacial score (nSPS) is 15.9. The number of hydrogen-bond donors (Lipinski definition) is 0. The number of carbonyl (C=O) groups is 1. The number of nitriles is 1. The topological polar surface area (TPSA) is 53.3 Å². The lowest BCUT2D eigenvalue weighted by atomic mass is 10.2. The van der Waals surface area contributed by atoms with E-state index in [2.05, 4.69) is 11.0 Å². The van der Waals surface area contributed by atoms with Crippen LogP contribution in [0.4, 0.5) is 5.00 Å². The number of rotatable bonds is 2. The second-order valence-electron chi connectivity index (χ2n) is 3.60. The number of anilines is 1. The van der Waals surface area contributed by atoms with Crippen LogP contribution in [0.2, 0.25) is 0 Å². The predicted octanol–water partition coefficient (Wildman–Crippen LogP) is 1.58. The molecule has 0 aliphatic carbocycles. The molecular formula is C11H12N2O2S. The van der Waals surface area contributed by atoms with Crippen molar-refractivity contribution in [3.05, 3.63) is 16.0 Å². The molecule has 1 saturated heterocycles. The maximum atomic E-state index is 10.8. The largest absolute Gasteiger partial charge is 0.378 e. The second kappa shape index (κ2) is 4.64. The second-order valence-corrected chi connectivity index (χ2v) is 4.63. The molecule has 0 N–H and O–H groups in total. The molecule has 5 heteroatoms. The average molecular weight is 236 g/mol. The molecule has 0 unspecified atom stereocenters. The lowest BCUT2D eigenvalue weighted by Gasteiger charge is -2.27. The van der Waals surface area contributed by atoms with Crippen LogP contribution in [-0.2, 0) is 4.74 Å². The number of hydrogen-bond acceptors (Lipinski definition) is 5. The van der Waals surface area contributed by atoms with Gasteiger partial charge in [0.1, 0.15) is 11.1 Å². The maximum Gasteiger partial charge on any atom is 0.160 e. The Morgan fingerprint density at radius 1 is 1.50 bits per heavy atom. The summed E-state index contributed by atoms with van der Waals surface area (Å²) in [6.07, 6.45) is 0.824. The van der Waals surface area contributed by atoms with Crippen molar-refractivity contribution in [3.8, 4) is 6.07 Å². The van der Waals surface area contributed by atoms with Gasteiger partial charge in [0.2, 0.25) is 0 Å². The summed E-state index contributed by atoms with van der Waals surface area (Å²) in [5, 5.41) is 10.0. The van der Waals surface area contributed by atoms with Crippen LogP contribution in [0, 0.1) is 18.3 Å². The Morgan fingerprint density at radius 2 is 2.19 bits per heavy atom. The lowest BCUT2D eigenvalue weighted by molar-refractivity contribution is 0.112. The average Bonchev–Trinajstić information content (AvgIpc) is 2.66. The summed E-state index contributed by atoms with van der Waals surface area (Å²) in [6.45, 7) is 4.75. The van der Waals surface area contributed by atoms with Crippen LogP contribution in [0.25, 0.3) is 0 Å². The van der Waals surface area contributed by atoms with Crippen molar-refractivity contribution in [3.63, 3.8) is 0 Å². The Bertz CT molecular complexity index is 442. The van der Waals surface area contributed by atoms with E-state index in [1.54, 1.807) is 0 Å². The molecule has 1 aliphatic heterocycles. The van der Waals surface area contributed by atoms with Crippen LogP contribution in [0.3, 0.4) is 0 Å². The lowest BCUT2D eigenvalue weighted by Crippen LogP contribution is -2.36. The number of aldehydes is 1. The predicted molar refractivity (Wildman–Crippen MR) is 62.2 cm³/mol. The fourth-order valence-corrected chi connectivity index (χ4v) is 2.87. The van der Waals surface area contributed by atoms with E-state index in [0.29, 0.717) is 23.7 Å². The molecule has 0 atom stereocenters. The molecule has 1 aliphatic rings. The molecule has 0 bridgehead atoms. The third kappa shape index (κ3) is 1.82. The van der Waals surface area contributed by atoms with E-state index in [4.69, 9.17) is 10.00 Å². The molecule has 16 heavy (non-hydrogen) atoms. The molecule has 84 valence electrons. The van der Waals surface area contributed by atoms with Gasteiger partial charge in [0.15, 0.2) is 6.29 Å². The Labute approximate surface area is 98.0 Å². The number of morpholine rings is 1. The highest BCUT2D eigenvalue weighted by atomic mass is 32.1. The minimum Gasteiger partial charge on any atom is -0.378 e. The molecule has 0 amide bonds. The molecule has 4 nitrogen and oxygen atoms in total. The highest BCUT2D eigenvalue weighted by Crippen LogP contribution is 2.34. The first kappa shape index (κ1) is 11.1. The molecule has 0 saturated carbocycles. The fourth-order valence-electron chi connectivity index (χ4n) is 1.75. The maximum absolute atomic E-state index is 10.8. The van der Waals surface area contributed by atoms with E-state index in [9.17, 15) is 4.79 Å². The Morgan fingerprint density at radius 3 is 2.75 bits per heavy atom. The van der Waals surface area contributed by atoms with Crippen LogP contribution >= 0.6 is 11.3 Å². The zero-order valence-corrected chi connectivity index (χ0v) is 9.84. The van der Waals surface area contributed by atoms with Gasteiger partial charge in [-0.15, -0.1) is 11.3 Å². The summed E-state index contributed by atoms with van der Waals surface area (Å²) in [5.74, 6) is 0. The van der Waals surface area contributed by atoms with E-state index in [-0.39, 0.29) is 0 Å². The number of nitrogens with zero attached hydrogens (tertiary/aromatic N) is 2. The molecule has 0 spiro atoms. The highest BCUT2D eigenvalue weighted by molar-refractivity contribution is 7.18. The quantitative estimate of drug-likeness (QED) is 0.731. The van der Waals surface area contributed by atoms with E-state index < -0.39 is 0 Å². The van der Waals surface area contributed by atoms with Gasteiger partial charge in [-0.05, 0) is 12.5 Å². The Hall–Kier alpha value is -1.38. The van der Waals surface area contributed by atoms with Gasteiger partial charge in [-0.25, -0.2) is 0 Å². The summed E-state index contributed by atoms with van der Waals surface area (Å²) in [5.41, 5.74) is 1.43. The van der Waals surface area contributed by atoms with Gasteiger partial charge < -0.3 is 9.64 Å². The Balaban J connectivity index is 2.39. The van der Waals surface area contributed by atoms with Crippen LogP contribution in [0.15, 0.2) is 0 Å².